The number of carbonyl (C=O) groups excluding carboxylic acids is 1. The first kappa shape index (κ1) is 14.7. The highest BCUT2D eigenvalue weighted by atomic mass is 32.1. The number of carbonyl (C=O) groups is 1. The van der Waals surface area contributed by atoms with Gasteiger partial charge in [-0.2, -0.15) is 0 Å². The van der Waals surface area contributed by atoms with Crippen LogP contribution in [0.15, 0.2) is 29.6 Å². The van der Waals surface area contributed by atoms with Gasteiger partial charge >= 0.3 is 0 Å². The summed E-state index contributed by atoms with van der Waals surface area (Å²) in [6.45, 7) is 3.70. The van der Waals surface area contributed by atoms with E-state index in [1.165, 1.54) is 0 Å². The Hall–Kier alpha value is -1.72. The second-order valence-corrected chi connectivity index (χ2v) is 5.84. The molecular formula is C15H18N2O2S. The monoisotopic (exact) mass is 290 g/mol. The van der Waals surface area contributed by atoms with E-state index in [4.69, 9.17) is 5.11 Å². The molecule has 1 unspecified atom stereocenters. The summed E-state index contributed by atoms with van der Waals surface area (Å²) < 4.78 is 0. The third-order valence-corrected chi connectivity index (χ3v) is 3.69. The Balaban J connectivity index is 2.00. The van der Waals surface area contributed by atoms with Crippen LogP contribution in [0, 0.1) is 6.92 Å². The number of aliphatic hydroxyl groups excluding tert-OH is 1. The van der Waals surface area contributed by atoms with Crippen LogP contribution in [0.3, 0.4) is 0 Å². The van der Waals surface area contributed by atoms with Crippen LogP contribution in [-0.4, -0.2) is 28.6 Å². The fourth-order valence-corrected chi connectivity index (χ4v) is 2.47. The van der Waals surface area contributed by atoms with Gasteiger partial charge in [-0.1, -0.05) is 24.3 Å². The van der Waals surface area contributed by atoms with Crippen LogP contribution in [-0.2, 0) is 11.2 Å². The molecular weight excluding hydrogens is 272 g/mol. The van der Waals surface area contributed by atoms with Gasteiger partial charge in [-0.25, -0.2) is 4.98 Å². The molecule has 1 heterocycles. The van der Waals surface area contributed by atoms with Crippen molar-refractivity contribution in [3.8, 4) is 11.3 Å². The number of nitrogens with zero attached hydrogens (tertiary/aromatic N) is 1. The maximum Gasteiger partial charge on any atom is 0.224 e. The number of aryl methyl sites for hydroxylation is 1. The number of benzene rings is 1. The zero-order valence-corrected chi connectivity index (χ0v) is 12.4. The molecule has 2 aromatic rings. The lowest BCUT2D eigenvalue weighted by molar-refractivity contribution is -0.121. The molecule has 0 saturated heterocycles. The van der Waals surface area contributed by atoms with E-state index in [1.807, 2.05) is 36.6 Å². The number of aromatic nitrogens is 1. The first-order valence-electron chi connectivity index (χ1n) is 6.50. The van der Waals surface area contributed by atoms with Gasteiger partial charge in [-0.05, 0) is 19.4 Å². The standard InChI is InChI=1S/C15H18N2O2S/c1-10(8-18)16-15(19)7-12-3-5-13(6-4-12)14-9-20-11(2)17-14/h3-6,9-10,18H,7-8H2,1-2H3,(H,16,19). The Morgan fingerprint density at radius 3 is 2.65 bits per heavy atom. The molecule has 1 aromatic carbocycles. The summed E-state index contributed by atoms with van der Waals surface area (Å²) in [6, 6.07) is 7.62. The lowest BCUT2D eigenvalue weighted by atomic mass is 10.1. The molecule has 2 rings (SSSR count). The fraction of sp³-hybridized carbons (Fsp3) is 0.333. The van der Waals surface area contributed by atoms with E-state index < -0.39 is 0 Å². The molecule has 0 aliphatic carbocycles. The maximum atomic E-state index is 11.7. The molecule has 1 aromatic heterocycles. The minimum absolute atomic E-state index is 0.0478. The topological polar surface area (TPSA) is 62.2 Å². The molecule has 1 amide bonds. The highest BCUT2D eigenvalue weighted by Gasteiger charge is 2.08. The molecule has 0 saturated carbocycles. The first-order valence-corrected chi connectivity index (χ1v) is 7.38. The number of nitrogens with one attached hydrogen (secondary N) is 1. The normalized spacial score (nSPS) is 12.2. The van der Waals surface area contributed by atoms with Crippen molar-refractivity contribution in [2.75, 3.05) is 6.61 Å². The Morgan fingerprint density at radius 2 is 2.10 bits per heavy atom. The number of hydrogen-bond acceptors (Lipinski definition) is 4. The smallest absolute Gasteiger partial charge is 0.224 e. The van der Waals surface area contributed by atoms with Crippen molar-refractivity contribution in [1.29, 1.82) is 0 Å². The van der Waals surface area contributed by atoms with Crippen molar-refractivity contribution in [2.45, 2.75) is 26.3 Å². The van der Waals surface area contributed by atoms with E-state index in [1.54, 1.807) is 18.3 Å². The number of amides is 1. The summed E-state index contributed by atoms with van der Waals surface area (Å²) in [5.41, 5.74) is 2.97. The average Bonchev–Trinajstić information content (AvgIpc) is 2.86. The van der Waals surface area contributed by atoms with Crippen LogP contribution >= 0.6 is 11.3 Å². The summed E-state index contributed by atoms with van der Waals surface area (Å²) in [7, 11) is 0. The van der Waals surface area contributed by atoms with Gasteiger partial charge in [0, 0.05) is 17.0 Å². The van der Waals surface area contributed by atoms with Crippen LogP contribution < -0.4 is 5.32 Å². The van der Waals surface area contributed by atoms with Gasteiger partial charge in [-0.15, -0.1) is 11.3 Å². The molecule has 1 atom stereocenters. The number of thiazole rings is 1. The minimum atomic E-state index is -0.209. The van der Waals surface area contributed by atoms with Gasteiger partial charge in [0.15, 0.2) is 0 Å². The summed E-state index contributed by atoms with van der Waals surface area (Å²) in [6.07, 6.45) is 0.320. The highest BCUT2D eigenvalue weighted by Crippen LogP contribution is 2.21. The van der Waals surface area contributed by atoms with Crippen LogP contribution in [0.4, 0.5) is 0 Å². The van der Waals surface area contributed by atoms with Crippen molar-refractivity contribution in [3.05, 3.63) is 40.2 Å². The van der Waals surface area contributed by atoms with Crippen molar-refractivity contribution in [2.24, 2.45) is 0 Å². The fourth-order valence-electron chi connectivity index (χ4n) is 1.85. The summed E-state index contributed by atoms with van der Waals surface area (Å²) in [4.78, 5) is 16.1. The Labute approximate surface area is 122 Å². The van der Waals surface area contributed by atoms with E-state index in [9.17, 15) is 4.79 Å². The van der Waals surface area contributed by atoms with E-state index >= 15 is 0 Å². The molecule has 0 aliphatic rings. The third kappa shape index (κ3) is 3.88. The Kier molecular flexibility index (Phi) is 4.87. The molecule has 2 N–H and O–H groups in total. The van der Waals surface area contributed by atoms with Gasteiger partial charge < -0.3 is 10.4 Å². The van der Waals surface area contributed by atoms with E-state index in [2.05, 4.69) is 10.3 Å². The van der Waals surface area contributed by atoms with Gasteiger partial charge in [0.05, 0.1) is 23.7 Å². The maximum absolute atomic E-state index is 11.7. The van der Waals surface area contributed by atoms with Crippen molar-refractivity contribution >= 4 is 17.2 Å². The molecule has 106 valence electrons. The van der Waals surface area contributed by atoms with Crippen LogP contribution in [0.25, 0.3) is 11.3 Å². The van der Waals surface area contributed by atoms with Crippen molar-refractivity contribution < 1.29 is 9.90 Å². The lowest BCUT2D eigenvalue weighted by Crippen LogP contribution is -2.35. The molecule has 0 radical (unpaired) electrons. The average molecular weight is 290 g/mol. The van der Waals surface area contributed by atoms with E-state index in [0.717, 1.165) is 21.8 Å². The predicted octanol–water partition coefficient (Wildman–Crippen LogP) is 2.16. The highest BCUT2D eigenvalue weighted by molar-refractivity contribution is 7.09. The molecule has 4 nitrogen and oxygen atoms in total. The Bertz CT molecular complexity index is 578. The molecule has 0 aliphatic heterocycles. The molecule has 0 bridgehead atoms. The van der Waals surface area contributed by atoms with Gasteiger partial charge in [0.1, 0.15) is 0 Å². The quantitative estimate of drug-likeness (QED) is 0.887. The largest absolute Gasteiger partial charge is 0.394 e. The third-order valence-electron chi connectivity index (χ3n) is 2.91. The molecule has 20 heavy (non-hydrogen) atoms. The Morgan fingerprint density at radius 1 is 1.40 bits per heavy atom. The van der Waals surface area contributed by atoms with Crippen molar-refractivity contribution in [1.82, 2.24) is 10.3 Å². The number of aliphatic hydroxyl groups is 1. The van der Waals surface area contributed by atoms with Gasteiger partial charge in [0.2, 0.25) is 5.91 Å². The SMILES string of the molecule is Cc1nc(-c2ccc(CC(=O)NC(C)CO)cc2)cs1. The minimum Gasteiger partial charge on any atom is -0.394 e. The predicted molar refractivity (Wildman–Crippen MR) is 80.7 cm³/mol. The number of hydrogen-bond donors (Lipinski definition) is 2. The number of rotatable bonds is 5. The van der Waals surface area contributed by atoms with Crippen LogP contribution in [0.2, 0.25) is 0 Å². The summed E-state index contributed by atoms with van der Waals surface area (Å²) in [5, 5.41) is 14.7. The molecule has 0 spiro atoms. The van der Waals surface area contributed by atoms with Gasteiger partial charge in [0.25, 0.3) is 0 Å². The second kappa shape index (κ2) is 6.63. The zero-order valence-electron chi connectivity index (χ0n) is 11.6. The molecule has 0 fully saturated rings. The molecule has 5 heteroatoms. The van der Waals surface area contributed by atoms with Crippen LogP contribution in [0.5, 0.6) is 0 Å². The van der Waals surface area contributed by atoms with Crippen LogP contribution in [0.1, 0.15) is 17.5 Å². The second-order valence-electron chi connectivity index (χ2n) is 4.78. The van der Waals surface area contributed by atoms with E-state index in [0.29, 0.717) is 6.42 Å². The van der Waals surface area contributed by atoms with Crippen molar-refractivity contribution in [3.63, 3.8) is 0 Å². The van der Waals surface area contributed by atoms with Gasteiger partial charge in [-0.3, -0.25) is 4.79 Å². The summed E-state index contributed by atoms with van der Waals surface area (Å²) >= 11 is 1.62. The lowest BCUT2D eigenvalue weighted by Gasteiger charge is -2.10. The summed E-state index contributed by atoms with van der Waals surface area (Å²) in [5.74, 6) is -0.0798. The zero-order chi connectivity index (χ0) is 14.5. The first-order chi connectivity index (χ1) is 9.58. The van der Waals surface area contributed by atoms with E-state index in [-0.39, 0.29) is 18.6 Å².